The number of nitrogens with zero attached hydrogens (tertiary/aromatic N) is 6. The molecule has 1 amide bonds. The SMILES string of the molecule is Cc1nn(-c2ccccn2)c(C)c1N1CCN(C(=O)c2ccc(S(=O)(=O)N3CCCCC3)cc2)CC1. The largest absolute Gasteiger partial charge is 0.365 e. The molecule has 0 saturated carbocycles. The maximum Gasteiger partial charge on any atom is 0.253 e. The van der Waals surface area contributed by atoms with E-state index in [1.165, 1.54) is 0 Å². The number of benzene rings is 1. The van der Waals surface area contributed by atoms with Crippen LogP contribution in [0.25, 0.3) is 5.82 Å². The standard InChI is InChI=1S/C26H32N6O3S/c1-20-25(21(2)32(28-20)24-8-4-5-13-27-24)29-16-18-30(19-17-29)26(33)22-9-11-23(12-10-22)36(34,35)31-14-6-3-7-15-31/h4-5,8-13H,3,6-7,14-19H2,1-2H3. The van der Waals surface area contributed by atoms with Gasteiger partial charge in [0.2, 0.25) is 10.0 Å². The van der Waals surface area contributed by atoms with Crippen LogP contribution in [0, 0.1) is 13.8 Å². The molecule has 0 unspecified atom stereocenters. The van der Waals surface area contributed by atoms with Crippen molar-refractivity contribution in [3.05, 3.63) is 65.6 Å². The highest BCUT2D eigenvalue weighted by atomic mass is 32.2. The van der Waals surface area contributed by atoms with Gasteiger partial charge in [0.1, 0.15) is 0 Å². The van der Waals surface area contributed by atoms with Gasteiger partial charge in [0.05, 0.1) is 22.0 Å². The number of carbonyl (C=O) groups is 1. The van der Waals surface area contributed by atoms with E-state index in [1.54, 1.807) is 34.8 Å². The second-order valence-corrected chi connectivity index (χ2v) is 11.3. The van der Waals surface area contributed by atoms with Crippen LogP contribution in [-0.2, 0) is 10.0 Å². The van der Waals surface area contributed by atoms with E-state index in [0.717, 1.165) is 42.2 Å². The molecule has 9 nitrogen and oxygen atoms in total. The van der Waals surface area contributed by atoms with Crippen molar-refractivity contribution >= 4 is 21.6 Å². The molecule has 0 atom stereocenters. The van der Waals surface area contributed by atoms with E-state index in [2.05, 4.69) is 9.88 Å². The zero-order valence-corrected chi connectivity index (χ0v) is 21.6. The third kappa shape index (κ3) is 4.62. The lowest BCUT2D eigenvalue weighted by Crippen LogP contribution is -2.49. The average molecular weight is 509 g/mol. The zero-order chi connectivity index (χ0) is 25.3. The van der Waals surface area contributed by atoms with Gasteiger partial charge < -0.3 is 9.80 Å². The summed E-state index contributed by atoms with van der Waals surface area (Å²) in [5.41, 5.74) is 3.55. The minimum atomic E-state index is -3.50. The molecule has 4 heterocycles. The van der Waals surface area contributed by atoms with Crippen molar-refractivity contribution in [3.63, 3.8) is 0 Å². The van der Waals surface area contributed by atoms with Crippen molar-refractivity contribution in [2.45, 2.75) is 38.0 Å². The third-order valence-corrected chi connectivity index (χ3v) is 8.97. The minimum Gasteiger partial charge on any atom is -0.365 e. The molecule has 0 radical (unpaired) electrons. The van der Waals surface area contributed by atoms with Crippen LogP contribution in [0.2, 0.25) is 0 Å². The van der Waals surface area contributed by atoms with Gasteiger partial charge in [-0.2, -0.15) is 9.40 Å². The molecule has 1 aromatic carbocycles. The molecule has 0 N–H and O–H groups in total. The number of pyridine rings is 1. The smallest absolute Gasteiger partial charge is 0.253 e. The Morgan fingerprint density at radius 1 is 0.861 bits per heavy atom. The van der Waals surface area contributed by atoms with Crippen LogP contribution in [0.1, 0.15) is 41.0 Å². The van der Waals surface area contributed by atoms with E-state index in [1.807, 2.05) is 41.6 Å². The second kappa shape index (κ2) is 10.0. The molecule has 2 saturated heterocycles. The van der Waals surface area contributed by atoms with E-state index >= 15 is 0 Å². The summed E-state index contributed by atoms with van der Waals surface area (Å²) in [6, 6.07) is 12.2. The fourth-order valence-corrected chi connectivity index (χ4v) is 6.65. The van der Waals surface area contributed by atoms with Crippen LogP contribution in [0.4, 0.5) is 5.69 Å². The van der Waals surface area contributed by atoms with Crippen molar-refractivity contribution < 1.29 is 13.2 Å². The normalized spacial score (nSPS) is 17.4. The van der Waals surface area contributed by atoms with E-state index in [0.29, 0.717) is 44.8 Å². The summed E-state index contributed by atoms with van der Waals surface area (Å²) in [6.07, 6.45) is 4.61. The molecule has 0 spiro atoms. The maximum atomic E-state index is 13.2. The predicted molar refractivity (Wildman–Crippen MR) is 138 cm³/mol. The van der Waals surface area contributed by atoms with Crippen LogP contribution in [0.15, 0.2) is 53.6 Å². The van der Waals surface area contributed by atoms with Crippen LogP contribution in [0.5, 0.6) is 0 Å². The number of hydrogen-bond donors (Lipinski definition) is 0. The van der Waals surface area contributed by atoms with Crippen molar-refractivity contribution in [3.8, 4) is 5.82 Å². The van der Waals surface area contributed by atoms with Crippen LogP contribution in [-0.4, -0.2) is 77.6 Å². The van der Waals surface area contributed by atoms with Gasteiger partial charge in [0.15, 0.2) is 5.82 Å². The van der Waals surface area contributed by atoms with E-state index in [-0.39, 0.29) is 10.8 Å². The molecule has 2 aromatic heterocycles. The summed E-state index contributed by atoms with van der Waals surface area (Å²) < 4.78 is 29.2. The van der Waals surface area contributed by atoms with Gasteiger partial charge in [-0.05, 0) is 63.1 Å². The summed E-state index contributed by atoms with van der Waals surface area (Å²) in [4.78, 5) is 21.9. The van der Waals surface area contributed by atoms with Crippen molar-refractivity contribution in [1.29, 1.82) is 0 Å². The Morgan fingerprint density at radius 3 is 2.19 bits per heavy atom. The lowest BCUT2D eigenvalue weighted by atomic mass is 10.1. The Balaban J connectivity index is 1.25. The Labute approximate surface area is 212 Å². The number of amides is 1. The molecule has 2 fully saturated rings. The van der Waals surface area contributed by atoms with Crippen molar-refractivity contribution in [2.24, 2.45) is 0 Å². The van der Waals surface area contributed by atoms with Gasteiger partial charge in [-0.3, -0.25) is 4.79 Å². The first-order chi connectivity index (χ1) is 17.4. The lowest BCUT2D eigenvalue weighted by Gasteiger charge is -2.36. The van der Waals surface area contributed by atoms with E-state index in [4.69, 9.17) is 5.10 Å². The molecule has 190 valence electrons. The summed E-state index contributed by atoms with van der Waals surface area (Å²) in [5, 5.41) is 4.70. The fourth-order valence-electron chi connectivity index (χ4n) is 5.13. The maximum absolute atomic E-state index is 13.2. The second-order valence-electron chi connectivity index (χ2n) is 9.39. The molecule has 5 rings (SSSR count). The molecule has 0 bridgehead atoms. The summed E-state index contributed by atoms with van der Waals surface area (Å²) >= 11 is 0. The number of sulfonamides is 1. The monoisotopic (exact) mass is 508 g/mol. The van der Waals surface area contributed by atoms with Gasteiger partial charge in [-0.25, -0.2) is 18.1 Å². The molecule has 10 heteroatoms. The zero-order valence-electron chi connectivity index (χ0n) is 20.8. The number of aromatic nitrogens is 3. The number of piperidine rings is 1. The fraction of sp³-hybridized carbons (Fsp3) is 0.423. The molecule has 3 aromatic rings. The molecular weight excluding hydrogens is 476 g/mol. The van der Waals surface area contributed by atoms with Gasteiger partial charge in [-0.15, -0.1) is 0 Å². The lowest BCUT2D eigenvalue weighted by molar-refractivity contribution is 0.0746. The quantitative estimate of drug-likeness (QED) is 0.526. The topological polar surface area (TPSA) is 91.6 Å². The summed E-state index contributed by atoms with van der Waals surface area (Å²) in [6.45, 7) is 7.73. The molecule has 0 aliphatic carbocycles. The number of aryl methyl sites for hydroxylation is 1. The van der Waals surface area contributed by atoms with Gasteiger partial charge in [0, 0.05) is 51.0 Å². The third-order valence-electron chi connectivity index (χ3n) is 7.06. The van der Waals surface area contributed by atoms with Gasteiger partial charge in [0.25, 0.3) is 5.91 Å². The van der Waals surface area contributed by atoms with Crippen molar-refractivity contribution in [1.82, 2.24) is 24.0 Å². The van der Waals surface area contributed by atoms with Gasteiger partial charge in [-0.1, -0.05) is 12.5 Å². The number of rotatable bonds is 5. The Kier molecular flexibility index (Phi) is 6.81. The van der Waals surface area contributed by atoms with Crippen LogP contribution in [0.3, 0.4) is 0 Å². The van der Waals surface area contributed by atoms with E-state index in [9.17, 15) is 13.2 Å². The van der Waals surface area contributed by atoms with Crippen molar-refractivity contribution in [2.75, 3.05) is 44.2 Å². The number of anilines is 1. The predicted octanol–water partition coefficient (Wildman–Crippen LogP) is 3.02. The number of hydrogen-bond acceptors (Lipinski definition) is 6. The molecule has 36 heavy (non-hydrogen) atoms. The highest BCUT2D eigenvalue weighted by Gasteiger charge is 2.28. The average Bonchev–Trinajstić information content (AvgIpc) is 3.23. The number of carbonyl (C=O) groups excluding carboxylic acids is 1. The first-order valence-corrected chi connectivity index (χ1v) is 13.9. The first-order valence-electron chi connectivity index (χ1n) is 12.5. The number of piperazine rings is 1. The summed E-state index contributed by atoms with van der Waals surface area (Å²) in [5.74, 6) is 0.707. The summed E-state index contributed by atoms with van der Waals surface area (Å²) in [7, 11) is -3.50. The first kappa shape index (κ1) is 24.5. The molecule has 2 aliphatic rings. The van der Waals surface area contributed by atoms with Gasteiger partial charge >= 0.3 is 0 Å². The van der Waals surface area contributed by atoms with E-state index < -0.39 is 10.0 Å². The Bertz CT molecular complexity index is 1320. The molecule has 2 aliphatic heterocycles. The highest BCUT2D eigenvalue weighted by Crippen LogP contribution is 2.28. The highest BCUT2D eigenvalue weighted by molar-refractivity contribution is 7.89. The van der Waals surface area contributed by atoms with Crippen LogP contribution < -0.4 is 4.90 Å². The Hall–Kier alpha value is -3.24. The van der Waals surface area contributed by atoms with Crippen LogP contribution >= 0.6 is 0 Å². The Morgan fingerprint density at radius 2 is 1.56 bits per heavy atom. The minimum absolute atomic E-state index is 0.0748. The molecular formula is C26H32N6O3S.